The van der Waals surface area contributed by atoms with E-state index in [9.17, 15) is 4.79 Å². The Morgan fingerprint density at radius 1 is 1.25 bits per heavy atom. The molecule has 6 heteroatoms. The molecule has 1 amide bonds. The van der Waals surface area contributed by atoms with Crippen molar-refractivity contribution in [2.24, 2.45) is 11.1 Å². The maximum absolute atomic E-state index is 12.4. The number of hydrogen-bond donors (Lipinski definition) is 2. The molecular formula is C18H29N3O3. The molecule has 134 valence electrons. The van der Waals surface area contributed by atoms with Crippen molar-refractivity contribution in [3.05, 3.63) is 23.7 Å². The summed E-state index contributed by atoms with van der Waals surface area (Å²) in [6.07, 6.45) is 7.67. The number of carbonyl (C=O) groups is 1. The number of nitrogens with two attached hydrogens (primary N) is 1. The Labute approximate surface area is 143 Å². The normalized spacial score (nSPS) is 21.5. The maximum Gasteiger partial charge on any atom is 0.254 e. The Hall–Kier alpha value is -1.37. The van der Waals surface area contributed by atoms with Crippen molar-refractivity contribution < 1.29 is 13.9 Å². The second-order valence-corrected chi connectivity index (χ2v) is 7.14. The highest BCUT2D eigenvalue weighted by Gasteiger charge is 2.34. The Morgan fingerprint density at radius 3 is 2.67 bits per heavy atom. The van der Waals surface area contributed by atoms with Gasteiger partial charge in [0.15, 0.2) is 0 Å². The van der Waals surface area contributed by atoms with Crippen LogP contribution < -0.4 is 11.1 Å². The van der Waals surface area contributed by atoms with Crippen LogP contribution in [0.3, 0.4) is 0 Å². The number of amides is 1. The monoisotopic (exact) mass is 335 g/mol. The van der Waals surface area contributed by atoms with E-state index in [1.54, 1.807) is 6.07 Å². The molecule has 1 aromatic rings. The highest BCUT2D eigenvalue weighted by molar-refractivity contribution is 5.94. The van der Waals surface area contributed by atoms with Crippen molar-refractivity contribution in [1.82, 2.24) is 10.2 Å². The zero-order valence-corrected chi connectivity index (χ0v) is 14.4. The molecule has 1 aliphatic heterocycles. The van der Waals surface area contributed by atoms with Crippen molar-refractivity contribution in [1.29, 1.82) is 0 Å². The minimum atomic E-state index is -0.0645. The summed E-state index contributed by atoms with van der Waals surface area (Å²) in [5.74, 6) is 0.575. The molecule has 0 radical (unpaired) electrons. The van der Waals surface area contributed by atoms with E-state index in [2.05, 4.69) is 10.2 Å². The fourth-order valence-electron chi connectivity index (χ4n) is 3.90. The first-order valence-corrected chi connectivity index (χ1v) is 9.07. The van der Waals surface area contributed by atoms with Crippen LogP contribution in [0, 0.1) is 5.41 Å². The van der Waals surface area contributed by atoms with Crippen LogP contribution in [0.2, 0.25) is 0 Å². The van der Waals surface area contributed by atoms with E-state index < -0.39 is 0 Å². The van der Waals surface area contributed by atoms with Gasteiger partial charge in [-0.25, -0.2) is 0 Å². The predicted molar refractivity (Wildman–Crippen MR) is 91.7 cm³/mol. The van der Waals surface area contributed by atoms with Crippen LogP contribution in [0.1, 0.15) is 48.2 Å². The highest BCUT2D eigenvalue weighted by Crippen LogP contribution is 2.36. The number of nitrogens with one attached hydrogen (secondary N) is 1. The van der Waals surface area contributed by atoms with Gasteiger partial charge in [-0.1, -0.05) is 19.3 Å². The summed E-state index contributed by atoms with van der Waals surface area (Å²) in [5.41, 5.74) is 6.29. The average Bonchev–Trinajstić information content (AvgIpc) is 3.11. The standard InChI is InChI=1S/C18H29N3O3/c19-11-16-10-15(12-24-16)17(22)20-13-18(4-2-1-3-5-18)14-21-6-8-23-9-7-21/h10,12H,1-9,11,13-14,19H2,(H,20,22). The molecule has 1 aromatic heterocycles. The van der Waals surface area contributed by atoms with Gasteiger partial charge in [0.2, 0.25) is 0 Å². The first-order chi connectivity index (χ1) is 11.7. The van der Waals surface area contributed by atoms with Gasteiger partial charge in [0.1, 0.15) is 12.0 Å². The zero-order chi connectivity index (χ0) is 16.8. The van der Waals surface area contributed by atoms with E-state index in [4.69, 9.17) is 14.9 Å². The maximum atomic E-state index is 12.4. The lowest BCUT2D eigenvalue weighted by Crippen LogP contribution is -2.49. The molecule has 0 atom stereocenters. The molecule has 3 N–H and O–H groups in total. The molecule has 2 heterocycles. The smallest absolute Gasteiger partial charge is 0.254 e. The van der Waals surface area contributed by atoms with E-state index in [0.29, 0.717) is 17.9 Å². The van der Waals surface area contributed by atoms with E-state index in [0.717, 1.165) is 39.4 Å². The lowest BCUT2D eigenvalue weighted by Gasteiger charge is -2.42. The summed E-state index contributed by atoms with van der Waals surface area (Å²) < 4.78 is 10.7. The van der Waals surface area contributed by atoms with Crippen molar-refractivity contribution in [2.75, 3.05) is 39.4 Å². The Balaban J connectivity index is 1.59. The van der Waals surface area contributed by atoms with E-state index in [1.807, 2.05) is 0 Å². The van der Waals surface area contributed by atoms with Crippen LogP contribution in [0.25, 0.3) is 0 Å². The lowest BCUT2D eigenvalue weighted by molar-refractivity contribution is 0.00728. The van der Waals surface area contributed by atoms with Crippen LogP contribution in [0.5, 0.6) is 0 Å². The first-order valence-electron chi connectivity index (χ1n) is 9.07. The molecule has 1 saturated heterocycles. The van der Waals surface area contributed by atoms with Gasteiger partial charge in [0, 0.05) is 31.6 Å². The first kappa shape index (κ1) is 17.5. The molecule has 1 aliphatic carbocycles. The topological polar surface area (TPSA) is 80.7 Å². The third-order valence-electron chi connectivity index (χ3n) is 5.32. The molecule has 0 aromatic carbocycles. The average molecular weight is 335 g/mol. The highest BCUT2D eigenvalue weighted by atomic mass is 16.5. The minimum absolute atomic E-state index is 0.0645. The van der Waals surface area contributed by atoms with Gasteiger partial charge in [-0.15, -0.1) is 0 Å². The molecular weight excluding hydrogens is 306 g/mol. The number of ether oxygens (including phenoxy) is 1. The number of hydrogen-bond acceptors (Lipinski definition) is 5. The molecule has 2 aliphatic rings. The van der Waals surface area contributed by atoms with Crippen LogP contribution >= 0.6 is 0 Å². The number of nitrogens with zero attached hydrogens (tertiary/aromatic N) is 1. The number of morpholine rings is 1. The van der Waals surface area contributed by atoms with Crippen LogP contribution in [-0.2, 0) is 11.3 Å². The quantitative estimate of drug-likeness (QED) is 0.828. The second-order valence-electron chi connectivity index (χ2n) is 7.14. The zero-order valence-electron chi connectivity index (χ0n) is 14.4. The van der Waals surface area contributed by atoms with Crippen molar-refractivity contribution in [2.45, 2.75) is 38.6 Å². The fraction of sp³-hybridized carbons (Fsp3) is 0.722. The summed E-state index contributed by atoms with van der Waals surface area (Å²) in [4.78, 5) is 14.9. The van der Waals surface area contributed by atoms with Gasteiger partial charge in [-0.2, -0.15) is 0 Å². The molecule has 3 rings (SSSR count). The van der Waals surface area contributed by atoms with Crippen molar-refractivity contribution in [3.63, 3.8) is 0 Å². The summed E-state index contributed by atoms with van der Waals surface area (Å²) in [6.45, 7) is 5.73. The van der Waals surface area contributed by atoms with Gasteiger partial charge >= 0.3 is 0 Å². The van der Waals surface area contributed by atoms with Gasteiger partial charge in [-0.3, -0.25) is 9.69 Å². The molecule has 1 saturated carbocycles. The van der Waals surface area contributed by atoms with Gasteiger partial charge in [0.25, 0.3) is 5.91 Å². The van der Waals surface area contributed by atoms with Crippen LogP contribution in [0.15, 0.2) is 16.7 Å². The minimum Gasteiger partial charge on any atom is -0.467 e. The Bertz CT molecular complexity index is 531. The molecule has 0 unspecified atom stereocenters. The van der Waals surface area contributed by atoms with E-state index in [1.165, 1.54) is 38.4 Å². The number of furan rings is 1. The fourth-order valence-corrected chi connectivity index (χ4v) is 3.90. The van der Waals surface area contributed by atoms with Crippen molar-refractivity contribution >= 4 is 5.91 Å². The van der Waals surface area contributed by atoms with Gasteiger partial charge < -0.3 is 20.2 Å². The summed E-state index contributed by atoms with van der Waals surface area (Å²) in [5, 5.41) is 3.14. The van der Waals surface area contributed by atoms with E-state index >= 15 is 0 Å². The second kappa shape index (κ2) is 8.14. The molecule has 6 nitrogen and oxygen atoms in total. The van der Waals surface area contributed by atoms with Gasteiger partial charge in [-0.05, 0) is 18.9 Å². The molecule has 0 spiro atoms. The molecule has 24 heavy (non-hydrogen) atoms. The van der Waals surface area contributed by atoms with Crippen LogP contribution in [-0.4, -0.2) is 50.2 Å². The summed E-state index contributed by atoms with van der Waals surface area (Å²) >= 11 is 0. The van der Waals surface area contributed by atoms with Crippen LogP contribution in [0.4, 0.5) is 0 Å². The summed E-state index contributed by atoms with van der Waals surface area (Å²) in [6, 6.07) is 1.73. The van der Waals surface area contributed by atoms with E-state index in [-0.39, 0.29) is 11.3 Å². The molecule has 0 bridgehead atoms. The van der Waals surface area contributed by atoms with Crippen molar-refractivity contribution in [3.8, 4) is 0 Å². The lowest BCUT2D eigenvalue weighted by atomic mass is 9.73. The third kappa shape index (κ3) is 4.37. The largest absolute Gasteiger partial charge is 0.467 e. The molecule has 2 fully saturated rings. The Kier molecular flexibility index (Phi) is 5.92. The SMILES string of the molecule is NCc1cc(C(=O)NCC2(CN3CCOCC3)CCCCC2)co1. The third-order valence-corrected chi connectivity index (χ3v) is 5.32. The number of rotatable bonds is 6. The summed E-state index contributed by atoms with van der Waals surface area (Å²) in [7, 11) is 0. The number of carbonyl (C=O) groups excluding carboxylic acids is 1. The van der Waals surface area contributed by atoms with Gasteiger partial charge in [0.05, 0.1) is 25.3 Å². The Morgan fingerprint density at radius 2 is 2.00 bits per heavy atom. The predicted octanol–water partition coefficient (Wildman–Crippen LogP) is 1.75.